The van der Waals surface area contributed by atoms with E-state index in [1.807, 2.05) is 13.1 Å². The molecule has 2 rings (SSSR count). The zero-order chi connectivity index (χ0) is 11.9. The van der Waals surface area contributed by atoms with Gasteiger partial charge in [0.05, 0.1) is 17.9 Å². The first kappa shape index (κ1) is 11.0. The minimum Gasteiger partial charge on any atom is -0.374 e. The molecule has 1 aliphatic rings. The molecule has 3 heteroatoms. The number of benzene rings is 1. The third kappa shape index (κ3) is 1.77. The van der Waals surface area contributed by atoms with E-state index in [0.29, 0.717) is 6.54 Å². The third-order valence-corrected chi connectivity index (χ3v) is 3.03. The van der Waals surface area contributed by atoms with Crippen molar-refractivity contribution < 1.29 is 4.79 Å². The van der Waals surface area contributed by atoms with E-state index in [-0.39, 0.29) is 11.3 Å². The molecule has 86 valence electrons. The van der Waals surface area contributed by atoms with Gasteiger partial charge in [-0.1, -0.05) is 26.8 Å². The Kier molecular flexibility index (Phi) is 2.41. The highest BCUT2D eigenvalue weighted by Gasteiger charge is 2.22. The Hall–Kier alpha value is -1.51. The summed E-state index contributed by atoms with van der Waals surface area (Å²) in [5.74, 6) is 0.107. The van der Waals surface area contributed by atoms with Gasteiger partial charge in [0.25, 0.3) is 0 Å². The number of hydrogen-bond donors (Lipinski definition) is 1. The summed E-state index contributed by atoms with van der Waals surface area (Å²) in [5, 5.41) is 3.16. The molecule has 0 bridgehead atoms. The van der Waals surface area contributed by atoms with Crippen LogP contribution in [0.25, 0.3) is 0 Å². The predicted molar refractivity (Wildman–Crippen MR) is 67.0 cm³/mol. The van der Waals surface area contributed by atoms with Crippen LogP contribution in [0.3, 0.4) is 0 Å². The molecule has 1 amide bonds. The fourth-order valence-corrected chi connectivity index (χ4v) is 1.86. The molecule has 0 atom stereocenters. The van der Waals surface area contributed by atoms with E-state index in [4.69, 9.17) is 0 Å². The SMILES string of the molecule is CN1C(=O)CNc2cc(C(C)(C)C)ccc21. The van der Waals surface area contributed by atoms with Crippen molar-refractivity contribution in [3.8, 4) is 0 Å². The van der Waals surface area contributed by atoms with Gasteiger partial charge in [0.15, 0.2) is 0 Å². The zero-order valence-electron chi connectivity index (χ0n) is 10.3. The molecule has 0 saturated heterocycles. The number of carbonyl (C=O) groups excluding carboxylic acids is 1. The molecule has 0 fully saturated rings. The Balaban J connectivity index is 2.45. The molecular weight excluding hydrogens is 200 g/mol. The number of likely N-dealkylation sites (N-methyl/N-ethyl adjacent to an activating group) is 1. The smallest absolute Gasteiger partial charge is 0.246 e. The van der Waals surface area contributed by atoms with E-state index in [9.17, 15) is 4.79 Å². The second kappa shape index (κ2) is 3.51. The van der Waals surface area contributed by atoms with E-state index in [1.165, 1.54) is 5.56 Å². The fraction of sp³-hybridized carbons (Fsp3) is 0.462. The molecule has 1 heterocycles. The molecule has 0 unspecified atom stereocenters. The number of anilines is 2. The fourth-order valence-electron chi connectivity index (χ4n) is 1.86. The highest BCUT2D eigenvalue weighted by atomic mass is 16.2. The van der Waals surface area contributed by atoms with Crippen LogP contribution < -0.4 is 10.2 Å². The van der Waals surface area contributed by atoms with Gasteiger partial charge in [0.1, 0.15) is 0 Å². The molecule has 0 spiro atoms. The number of fused-ring (bicyclic) bond motifs is 1. The molecule has 1 N–H and O–H groups in total. The minimum absolute atomic E-state index is 0.107. The average Bonchev–Trinajstić information content (AvgIpc) is 2.22. The van der Waals surface area contributed by atoms with Crippen LogP contribution in [0, 0.1) is 0 Å². The molecule has 3 nitrogen and oxygen atoms in total. The van der Waals surface area contributed by atoms with Crippen LogP contribution in [-0.2, 0) is 10.2 Å². The second-order valence-electron chi connectivity index (χ2n) is 5.29. The monoisotopic (exact) mass is 218 g/mol. The summed E-state index contributed by atoms with van der Waals surface area (Å²) in [7, 11) is 1.82. The van der Waals surface area contributed by atoms with Crippen molar-refractivity contribution >= 4 is 17.3 Å². The number of rotatable bonds is 0. The van der Waals surface area contributed by atoms with Crippen LogP contribution in [-0.4, -0.2) is 19.5 Å². The van der Waals surface area contributed by atoms with Crippen LogP contribution in [0.1, 0.15) is 26.3 Å². The first-order valence-corrected chi connectivity index (χ1v) is 5.54. The van der Waals surface area contributed by atoms with Crippen molar-refractivity contribution in [1.82, 2.24) is 0 Å². The minimum atomic E-state index is 0.107. The van der Waals surface area contributed by atoms with Gasteiger partial charge in [0.2, 0.25) is 5.91 Å². The summed E-state index contributed by atoms with van der Waals surface area (Å²) >= 11 is 0. The summed E-state index contributed by atoms with van der Waals surface area (Å²) in [6.07, 6.45) is 0. The summed E-state index contributed by atoms with van der Waals surface area (Å²) in [6.45, 7) is 6.95. The van der Waals surface area contributed by atoms with E-state index in [1.54, 1.807) is 4.90 Å². The maximum atomic E-state index is 11.5. The van der Waals surface area contributed by atoms with Crippen LogP contribution in [0.4, 0.5) is 11.4 Å². The van der Waals surface area contributed by atoms with Crippen molar-refractivity contribution in [2.24, 2.45) is 0 Å². The lowest BCUT2D eigenvalue weighted by Gasteiger charge is -2.29. The lowest BCUT2D eigenvalue weighted by Crippen LogP contribution is -2.36. The van der Waals surface area contributed by atoms with Crippen molar-refractivity contribution in [2.45, 2.75) is 26.2 Å². The molecule has 0 radical (unpaired) electrons. The summed E-state index contributed by atoms with van der Waals surface area (Å²) in [5.41, 5.74) is 3.43. The van der Waals surface area contributed by atoms with Crippen molar-refractivity contribution in [3.05, 3.63) is 23.8 Å². The van der Waals surface area contributed by atoms with Gasteiger partial charge in [0, 0.05) is 7.05 Å². The first-order valence-electron chi connectivity index (χ1n) is 5.54. The Bertz CT molecular complexity index is 432. The van der Waals surface area contributed by atoms with E-state index in [2.05, 4.69) is 38.2 Å². The predicted octanol–water partition coefficient (Wildman–Crippen LogP) is 2.37. The van der Waals surface area contributed by atoms with Crippen molar-refractivity contribution in [2.75, 3.05) is 23.8 Å². The molecule has 1 aromatic carbocycles. The molecule has 1 aromatic rings. The van der Waals surface area contributed by atoms with Crippen LogP contribution in [0.5, 0.6) is 0 Å². The average molecular weight is 218 g/mol. The van der Waals surface area contributed by atoms with E-state index >= 15 is 0 Å². The number of amides is 1. The summed E-state index contributed by atoms with van der Waals surface area (Å²) in [4.78, 5) is 13.2. The normalized spacial score (nSPS) is 15.8. The molecule has 16 heavy (non-hydrogen) atoms. The van der Waals surface area contributed by atoms with Gasteiger partial charge >= 0.3 is 0 Å². The van der Waals surface area contributed by atoms with E-state index < -0.39 is 0 Å². The van der Waals surface area contributed by atoms with Crippen molar-refractivity contribution in [1.29, 1.82) is 0 Å². The number of hydrogen-bond acceptors (Lipinski definition) is 2. The Morgan fingerprint density at radius 3 is 2.62 bits per heavy atom. The van der Waals surface area contributed by atoms with Crippen molar-refractivity contribution in [3.63, 3.8) is 0 Å². The molecule has 1 aliphatic heterocycles. The largest absolute Gasteiger partial charge is 0.374 e. The number of nitrogens with one attached hydrogen (secondary N) is 1. The third-order valence-electron chi connectivity index (χ3n) is 3.03. The number of carbonyl (C=O) groups is 1. The van der Waals surface area contributed by atoms with Gasteiger partial charge in [-0.2, -0.15) is 0 Å². The standard InChI is InChI=1S/C13H18N2O/c1-13(2,3)9-5-6-11-10(7-9)14-8-12(16)15(11)4/h5-7,14H,8H2,1-4H3. The molecule has 0 aliphatic carbocycles. The molecule has 0 aromatic heterocycles. The lowest BCUT2D eigenvalue weighted by molar-refractivity contribution is -0.116. The van der Waals surface area contributed by atoms with Crippen LogP contribution in [0.2, 0.25) is 0 Å². The summed E-state index contributed by atoms with van der Waals surface area (Å²) in [6, 6.07) is 6.24. The lowest BCUT2D eigenvalue weighted by atomic mass is 9.86. The molecule has 0 saturated carbocycles. The maximum absolute atomic E-state index is 11.5. The van der Waals surface area contributed by atoms with Crippen LogP contribution >= 0.6 is 0 Å². The quantitative estimate of drug-likeness (QED) is 0.725. The van der Waals surface area contributed by atoms with Gasteiger partial charge in [-0.05, 0) is 23.1 Å². The summed E-state index contributed by atoms with van der Waals surface area (Å²) < 4.78 is 0. The van der Waals surface area contributed by atoms with Gasteiger partial charge in [-0.3, -0.25) is 4.79 Å². The van der Waals surface area contributed by atoms with Gasteiger partial charge in [-0.15, -0.1) is 0 Å². The Labute approximate surface area is 96.5 Å². The highest BCUT2D eigenvalue weighted by molar-refractivity contribution is 6.02. The highest BCUT2D eigenvalue weighted by Crippen LogP contribution is 2.33. The zero-order valence-corrected chi connectivity index (χ0v) is 10.3. The first-order chi connectivity index (χ1) is 7.39. The maximum Gasteiger partial charge on any atom is 0.246 e. The Morgan fingerprint density at radius 2 is 2.00 bits per heavy atom. The molecular formula is C13H18N2O. The topological polar surface area (TPSA) is 32.3 Å². The number of nitrogens with zero attached hydrogens (tertiary/aromatic N) is 1. The Morgan fingerprint density at radius 1 is 1.31 bits per heavy atom. The van der Waals surface area contributed by atoms with Gasteiger partial charge < -0.3 is 10.2 Å². The van der Waals surface area contributed by atoms with Crippen LogP contribution in [0.15, 0.2) is 18.2 Å². The second-order valence-corrected chi connectivity index (χ2v) is 5.29. The van der Waals surface area contributed by atoms with Gasteiger partial charge in [-0.25, -0.2) is 0 Å². The van der Waals surface area contributed by atoms with E-state index in [0.717, 1.165) is 11.4 Å².